The van der Waals surface area contributed by atoms with Gasteiger partial charge >= 0.3 is 0 Å². The normalized spacial score (nSPS) is 13.7. The number of likely N-dealkylation sites (N-methyl/N-ethyl adjacent to an activating group) is 1. The lowest BCUT2D eigenvalue weighted by molar-refractivity contribution is 0.0178. The van der Waals surface area contributed by atoms with E-state index in [0.29, 0.717) is 0 Å². The first-order chi connectivity index (χ1) is 6.40. The standard InChI is InChI=1S/C12H28N2/c1-7-11(4,5)14(6)12(8-2,9-3)10-13/h7-10,13H2,1-6H3. The maximum atomic E-state index is 5.94. The molecule has 0 unspecified atom stereocenters. The molecule has 0 aromatic rings. The Balaban J connectivity index is 4.84. The maximum Gasteiger partial charge on any atom is 0.0328 e. The van der Waals surface area contributed by atoms with Gasteiger partial charge in [-0.05, 0) is 40.2 Å². The molecular formula is C12H28N2. The van der Waals surface area contributed by atoms with E-state index in [4.69, 9.17) is 5.73 Å². The summed E-state index contributed by atoms with van der Waals surface area (Å²) in [4.78, 5) is 2.47. The second kappa shape index (κ2) is 5.13. The number of rotatable bonds is 6. The highest BCUT2D eigenvalue weighted by Crippen LogP contribution is 2.30. The van der Waals surface area contributed by atoms with E-state index in [2.05, 4.69) is 46.6 Å². The minimum absolute atomic E-state index is 0.180. The zero-order valence-electron chi connectivity index (χ0n) is 10.9. The van der Waals surface area contributed by atoms with Crippen molar-refractivity contribution in [2.75, 3.05) is 13.6 Å². The summed E-state index contributed by atoms with van der Waals surface area (Å²) in [5.74, 6) is 0. The predicted octanol–water partition coefficient (Wildman–Crippen LogP) is 2.62. The lowest BCUT2D eigenvalue weighted by Crippen LogP contribution is -2.59. The SMILES string of the molecule is CCC(C)(C)N(C)C(CC)(CC)CN. The van der Waals surface area contributed by atoms with E-state index in [1.807, 2.05) is 0 Å². The van der Waals surface area contributed by atoms with Crippen LogP contribution in [0, 0.1) is 0 Å². The molecule has 0 rings (SSSR count). The molecule has 0 saturated heterocycles. The Morgan fingerprint density at radius 1 is 1.00 bits per heavy atom. The first-order valence-electron chi connectivity index (χ1n) is 5.84. The van der Waals surface area contributed by atoms with Crippen molar-refractivity contribution in [2.45, 2.75) is 65.0 Å². The van der Waals surface area contributed by atoms with Crippen LogP contribution in [0.1, 0.15) is 53.9 Å². The zero-order chi connectivity index (χ0) is 11.4. The van der Waals surface area contributed by atoms with E-state index in [1.165, 1.54) is 0 Å². The topological polar surface area (TPSA) is 29.3 Å². The third-order valence-electron chi connectivity index (χ3n) is 4.18. The predicted molar refractivity (Wildman–Crippen MR) is 64.5 cm³/mol. The van der Waals surface area contributed by atoms with Crippen LogP contribution in [0.25, 0.3) is 0 Å². The first kappa shape index (κ1) is 13.9. The van der Waals surface area contributed by atoms with Gasteiger partial charge in [-0.3, -0.25) is 4.90 Å². The Bertz CT molecular complexity index is 151. The van der Waals surface area contributed by atoms with Gasteiger partial charge in [0.15, 0.2) is 0 Å². The van der Waals surface area contributed by atoms with E-state index in [1.54, 1.807) is 0 Å². The quantitative estimate of drug-likeness (QED) is 0.714. The van der Waals surface area contributed by atoms with Crippen LogP contribution in [0.3, 0.4) is 0 Å². The fraction of sp³-hybridized carbons (Fsp3) is 1.00. The van der Waals surface area contributed by atoms with Crippen molar-refractivity contribution in [1.82, 2.24) is 4.90 Å². The Hall–Kier alpha value is -0.0800. The molecule has 0 amide bonds. The number of nitrogens with two attached hydrogens (primary N) is 1. The van der Waals surface area contributed by atoms with Crippen LogP contribution >= 0.6 is 0 Å². The Morgan fingerprint density at radius 2 is 1.43 bits per heavy atom. The molecule has 0 fully saturated rings. The van der Waals surface area contributed by atoms with Crippen molar-refractivity contribution in [2.24, 2.45) is 5.73 Å². The highest BCUT2D eigenvalue weighted by Gasteiger charge is 2.37. The Labute approximate surface area is 89.9 Å². The van der Waals surface area contributed by atoms with E-state index in [0.717, 1.165) is 25.8 Å². The van der Waals surface area contributed by atoms with E-state index in [9.17, 15) is 0 Å². The molecular weight excluding hydrogens is 172 g/mol. The number of nitrogens with zero attached hydrogens (tertiary/aromatic N) is 1. The van der Waals surface area contributed by atoms with Crippen molar-refractivity contribution in [3.05, 3.63) is 0 Å². The molecule has 86 valence electrons. The summed E-state index contributed by atoms with van der Waals surface area (Å²) in [7, 11) is 2.21. The smallest absolute Gasteiger partial charge is 0.0328 e. The largest absolute Gasteiger partial charge is 0.329 e. The lowest BCUT2D eigenvalue weighted by Gasteiger charge is -2.49. The van der Waals surface area contributed by atoms with Crippen molar-refractivity contribution in [1.29, 1.82) is 0 Å². The van der Waals surface area contributed by atoms with Gasteiger partial charge in [0.1, 0.15) is 0 Å². The average molecular weight is 200 g/mol. The monoisotopic (exact) mass is 200 g/mol. The van der Waals surface area contributed by atoms with Crippen LogP contribution in [-0.2, 0) is 0 Å². The maximum absolute atomic E-state index is 5.94. The fourth-order valence-electron chi connectivity index (χ4n) is 2.03. The second-order valence-electron chi connectivity index (χ2n) is 4.86. The fourth-order valence-corrected chi connectivity index (χ4v) is 2.03. The van der Waals surface area contributed by atoms with Crippen molar-refractivity contribution >= 4 is 0 Å². The third kappa shape index (κ3) is 2.48. The summed E-state index contributed by atoms with van der Waals surface area (Å²) in [6, 6.07) is 0. The third-order valence-corrected chi connectivity index (χ3v) is 4.18. The van der Waals surface area contributed by atoms with Crippen LogP contribution in [0.4, 0.5) is 0 Å². The van der Waals surface area contributed by atoms with Crippen LogP contribution < -0.4 is 5.73 Å². The van der Waals surface area contributed by atoms with Crippen molar-refractivity contribution in [3.63, 3.8) is 0 Å². The zero-order valence-corrected chi connectivity index (χ0v) is 10.9. The van der Waals surface area contributed by atoms with E-state index < -0.39 is 0 Å². The Kier molecular flexibility index (Phi) is 5.10. The van der Waals surface area contributed by atoms with Gasteiger partial charge < -0.3 is 5.73 Å². The summed E-state index contributed by atoms with van der Waals surface area (Å²) in [5, 5.41) is 0. The molecule has 0 aromatic heterocycles. The van der Waals surface area contributed by atoms with Crippen LogP contribution in [0.5, 0.6) is 0 Å². The van der Waals surface area contributed by atoms with Crippen LogP contribution in [0.15, 0.2) is 0 Å². The summed E-state index contributed by atoms with van der Waals surface area (Å²) in [6.45, 7) is 12.0. The summed E-state index contributed by atoms with van der Waals surface area (Å²) in [5.41, 5.74) is 6.36. The molecule has 0 aliphatic carbocycles. The number of hydrogen-bond acceptors (Lipinski definition) is 2. The molecule has 0 aromatic carbocycles. The van der Waals surface area contributed by atoms with Gasteiger partial charge in [0.25, 0.3) is 0 Å². The van der Waals surface area contributed by atoms with E-state index in [-0.39, 0.29) is 11.1 Å². The molecule has 14 heavy (non-hydrogen) atoms. The Morgan fingerprint density at radius 3 is 1.64 bits per heavy atom. The van der Waals surface area contributed by atoms with Gasteiger partial charge in [0.05, 0.1) is 0 Å². The summed E-state index contributed by atoms with van der Waals surface area (Å²) < 4.78 is 0. The minimum Gasteiger partial charge on any atom is -0.329 e. The molecule has 0 aliphatic heterocycles. The molecule has 0 aliphatic rings. The number of hydrogen-bond donors (Lipinski definition) is 1. The summed E-state index contributed by atoms with van der Waals surface area (Å²) >= 11 is 0. The molecule has 2 N–H and O–H groups in total. The van der Waals surface area contributed by atoms with Crippen molar-refractivity contribution in [3.8, 4) is 0 Å². The second-order valence-corrected chi connectivity index (χ2v) is 4.86. The van der Waals surface area contributed by atoms with E-state index >= 15 is 0 Å². The molecule has 0 bridgehead atoms. The van der Waals surface area contributed by atoms with Crippen LogP contribution in [0.2, 0.25) is 0 Å². The molecule has 0 spiro atoms. The van der Waals surface area contributed by atoms with Gasteiger partial charge in [0.2, 0.25) is 0 Å². The van der Waals surface area contributed by atoms with Crippen LogP contribution in [-0.4, -0.2) is 29.6 Å². The van der Waals surface area contributed by atoms with Gasteiger partial charge in [-0.2, -0.15) is 0 Å². The van der Waals surface area contributed by atoms with Crippen molar-refractivity contribution < 1.29 is 0 Å². The molecule has 2 nitrogen and oxygen atoms in total. The molecule has 0 heterocycles. The summed E-state index contributed by atoms with van der Waals surface area (Å²) in [6.07, 6.45) is 3.41. The molecule has 0 atom stereocenters. The average Bonchev–Trinajstić information content (AvgIpc) is 2.21. The van der Waals surface area contributed by atoms with Gasteiger partial charge in [-0.15, -0.1) is 0 Å². The van der Waals surface area contributed by atoms with Gasteiger partial charge in [0, 0.05) is 17.6 Å². The molecule has 0 saturated carbocycles. The first-order valence-corrected chi connectivity index (χ1v) is 5.84. The molecule has 2 heteroatoms. The highest BCUT2D eigenvalue weighted by molar-refractivity contribution is 4.94. The van der Waals surface area contributed by atoms with Gasteiger partial charge in [-0.1, -0.05) is 20.8 Å². The lowest BCUT2D eigenvalue weighted by atomic mass is 9.85. The highest BCUT2D eigenvalue weighted by atomic mass is 15.2. The molecule has 0 radical (unpaired) electrons. The minimum atomic E-state index is 0.180. The van der Waals surface area contributed by atoms with Gasteiger partial charge in [-0.25, -0.2) is 0 Å².